The number of thioether (sulfide) groups is 1. The van der Waals surface area contributed by atoms with Crippen molar-refractivity contribution in [2.75, 3.05) is 5.75 Å². The van der Waals surface area contributed by atoms with Crippen LogP contribution in [0.4, 0.5) is 4.39 Å². The van der Waals surface area contributed by atoms with Crippen LogP contribution in [0.15, 0.2) is 78.9 Å². The normalized spacial score (nSPS) is 14.6. The van der Waals surface area contributed by atoms with Crippen LogP contribution < -0.4 is 5.32 Å². The monoisotopic (exact) mass is 552 g/mol. The van der Waals surface area contributed by atoms with Crippen molar-refractivity contribution in [3.05, 3.63) is 106 Å². The number of amides is 2. The van der Waals surface area contributed by atoms with E-state index in [0.29, 0.717) is 23.6 Å². The maximum absolute atomic E-state index is 14.3. The summed E-state index contributed by atoms with van der Waals surface area (Å²) in [7, 11) is 0. The van der Waals surface area contributed by atoms with E-state index in [9.17, 15) is 14.0 Å². The van der Waals surface area contributed by atoms with Crippen LogP contribution in [0.2, 0.25) is 5.02 Å². The molecule has 0 bridgehead atoms. The highest BCUT2D eigenvalue weighted by Gasteiger charge is 2.31. The minimum absolute atomic E-state index is 0.111. The van der Waals surface area contributed by atoms with Gasteiger partial charge in [-0.05, 0) is 36.1 Å². The zero-order chi connectivity index (χ0) is 26.7. The minimum Gasteiger partial charge on any atom is -0.352 e. The highest BCUT2D eigenvalue weighted by Crippen LogP contribution is 2.25. The summed E-state index contributed by atoms with van der Waals surface area (Å²) in [6.07, 6.45) is 5.77. The third-order valence-electron chi connectivity index (χ3n) is 6.95. The lowest BCUT2D eigenvalue weighted by Gasteiger charge is -2.33. The van der Waals surface area contributed by atoms with Gasteiger partial charge in [0.1, 0.15) is 11.9 Å². The molecule has 4 rings (SSSR count). The molecule has 38 heavy (non-hydrogen) atoms. The van der Waals surface area contributed by atoms with E-state index in [1.54, 1.807) is 17.0 Å². The van der Waals surface area contributed by atoms with Crippen LogP contribution >= 0.6 is 23.4 Å². The predicted octanol–water partition coefficient (Wildman–Crippen LogP) is 6.80. The first-order chi connectivity index (χ1) is 18.5. The average Bonchev–Trinajstić information content (AvgIpc) is 2.94. The van der Waals surface area contributed by atoms with Crippen molar-refractivity contribution >= 4 is 35.2 Å². The largest absolute Gasteiger partial charge is 0.352 e. The molecule has 7 heteroatoms. The lowest BCUT2D eigenvalue weighted by molar-refractivity contribution is -0.139. The van der Waals surface area contributed by atoms with Gasteiger partial charge in [-0.15, -0.1) is 11.8 Å². The summed E-state index contributed by atoms with van der Waals surface area (Å²) in [5, 5.41) is 3.60. The summed E-state index contributed by atoms with van der Waals surface area (Å²) in [4.78, 5) is 29.2. The molecule has 200 valence electrons. The molecule has 1 saturated carbocycles. The second-order valence-corrected chi connectivity index (χ2v) is 11.1. The Bertz CT molecular complexity index is 1170. The number of halogens is 2. The fraction of sp³-hybridized carbons (Fsp3) is 0.355. The molecular formula is C31H34ClFN2O2S. The molecule has 1 aliphatic rings. The van der Waals surface area contributed by atoms with E-state index in [4.69, 9.17) is 11.6 Å². The van der Waals surface area contributed by atoms with Crippen LogP contribution in [-0.2, 0) is 28.3 Å². The van der Waals surface area contributed by atoms with Crippen molar-refractivity contribution in [3.8, 4) is 0 Å². The third-order valence-corrected chi connectivity index (χ3v) is 8.25. The first-order valence-corrected chi connectivity index (χ1v) is 14.7. The van der Waals surface area contributed by atoms with Crippen LogP contribution in [0.25, 0.3) is 0 Å². The molecule has 1 fully saturated rings. The van der Waals surface area contributed by atoms with E-state index in [1.165, 1.54) is 24.2 Å². The Morgan fingerprint density at radius 2 is 1.58 bits per heavy atom. The lowest BCUT2D eigenvalue weighted by atomic mass is 9.94. The zero-order valence-electron chi connectivity index (χ0n) is 21.5. The van der Waals surface area contributed by atoms with E-state index in [2.05, 4.69) is 5.32 Å². The summed E-state index contributed by atoms with van der Waals surface area (Å²) in [6.45, 7) is 0.316. The molecule has 3 aromatic rings. The van der Waals surface area contributed by atoms with Gasteiger partial charge in [0.15, 0.2) is 0 Å². The Balaban J connectivity index is 1.56. The minimum atomic E-state index is -0.662. The van der Waals surface area contributed by atoms with Gasteiger partial charge in [-0.2, -0.15) is 0 Å². The third kappa shape index (κ3) is 8.08. The quantitative estimate of drug-likeness (QED) is 0.284. The number of benzene rings is 3. The van der Waals surface area contributed by atoms with E-state index in [1.807, 2.05) is 60.7 Å². The number of carbonyl (C=O) groups is 2. The highest BCUT2D eigenvalue weighted by molar-refractivity contribution is 7.99. The topological polar surface area (TPSA) is 49.4 Å². The van der Waals surface area contributed by atoms with Gasteiger partial charge in [-0.3, -0.25) is 9.59 Å². The molecule has 1 unspecified atom stereocenters. The zero-order valence-corrected chi connectivity index (χ0v) is 23.0. The summed E-state index contributed by atoms with van der Waals surface area (Å²) in [5.41, 5.74) is 2.33. The first-order valence-electron chi connectivity index (χ1n) is 13.2. The van der Waals surface area contributed by atoms with Gasteiger partial charge in [-0.1, -0.05) is 97.6 Å². The summed E-state index contributed by atoms with van der Waals surface area (Å²) in [6, 6.07) is 23.6. The molecule has 2 amide bonds. The van der Waals surface area contributed by atoms with Gasteiger partial charge in [0, 0.05) is 35.3 Å². The maximum atomic E-state index is 14.3. The summed E-state index contributed by atoms with van der Waals surface area (Å²) < 4.78 is 14.3. The second kappa shape index (κ2) is 14.4. The molecule has 0 heterocycles. The van der Waals surface area contributed by atoms with Crippen LogP contribution in [0.3, 0.4) is 0 Å². The van der Waals surface area contributed by atoms with E-state index < -0.39 is 6.04 Å². The van der Waals surface area contributed by atoms with Crippen LogP contribution in [0.1, 0.15) is 48.8 Å². The van der Waals surface area contributed by atoms with Gasteiger partial charge < -0.3 is 10.2 Å². The number of carbonyl (C=O) groups excluding carboxylic acids is 2. The Kier molecular flexibility index (Phi) is 10.6. The van der Waals surface area contributed by atoms with Crippen molar-refractivity contribution in [2.24, 2.45) is 0 Å². The van der Waals surface area contributed by atoms with Gasteiger partial charge in [0.2, 0.25) is 11.8 Å². The molecule has 3 aromatic carbocycles. The molecule has 1 N–H and O–H groups in total. The molecule has 0 saturated heterocycles. The van der Waals surface area contributed by atoms with Crippen LogP contribution in [-0.4, -0.2) is 34.6 Å². The first kappa shape index (κ1) is 28.2. The molecule has 4 nitrogen and oxygen atoms in total. The van der Waals surface area contributed by atoms with Crippen molar-refractivity contribution in [3.63, 3.8) is 0 Å². The fourth-order valence-corrected chi connectivity index (χ4v) is 6.12. The Morgan fingerprint density at radius 1 is 0.921 bits per heavy atom. The van der Waals surface area contributed by atoms with Gasteiger partial charge in [-0.25, -0.2) is 4.39 Å². The van der Waals surface area contributed by atoms with E-state index >= 15 is 0 Å². The van der Waals surface area contributed by atoms with E-state index in [-0.39, 0.29) is 35.2 Å². The summed E-state index contributed by atoms with van der Waals surface area (Å²) in [5.74, 6) is -0.279. The molecular weight excluding hydrogens is 519 g/mol. The van der Waals surface area contributed by atoms with Crippen molar-refractivity contribution in [1.82, 2.24) is 10.2 Å². The smallest absolute Gasteiger partial charge is 0.243 e. The molecule has 0 aromatic heterocycles. The standard InChI is InChI=1S/C31H34ClFN2O2S/c32-27-17-10-18-28(33)26(27)21-38-22-30(36)35(20-24-13-6-2-7-14-24)29(19-23-11-4-1-5-12-23)31(37)34-25-15-8-3-9-16-25/h1-2,4-7,10-14,17-18,25,29H,3,8-9,15-16,19-22H2,(H,34,37). The SMILES string of the molecule is O=C(NC1CCCCC1)C(Cc1ccccc1)N(Cc1ccccc1)C(=O)CSCc1c(F)cccc1Cl. The number of nitrogens with one attached hydrogen (secondary N) is 1. The van der Waals surface area contributed by atoms with Gasteiger partial charge in [0.05, 0.1) is 5.75 Å². The molecule has 0 aliphatic heterocycles. The van der Waals surface area contributed by atoms with Crippen LogP contribution in [0.5, 0.6) is 0 Å². The molecule has 0 radical (unpaired) electrons. The van der Waals surface area contributed by atoms with E-state index in [0.717, 1.165) is 36.8 Å². The highest BCUT2D eigenvalue weighted by atomic mass is 35.5. The average molecular weight is 553 g/mol. The molecule has 0 spiro atoms. The summed E-state index contributed by atoms with van der Waals surface area (Å²) >= 11 is 7.49. The number of nitrogens with zero attached hydrogens (tertiary/aromatic N) is 1. The number of hydrogen-bond donors (Lipinski definition) is 1. The molecule has 1 aliphatic carbocycles. The molecule has 1 atom stereocenters. The Hall–Kier alpha value is -2.83. The Morgan fingerprint density at radius 3 is 2.24 bits per heavy atom. The van der Waals surface area contributed by atoms with Crippen molar-refractivity contribution in [2.45, 2.75) is 62.9 Å². The Labute approximate surface area is 234 Å². The van der Waals surface area contributed by atoms with Crippen molar-refractivity contribution in [1.29, 1.82) is 0 Å². The number of hydrogen-bond acceptors (Lipinski definition) is 3. The van der Waals surface area contributed by atoms with Gasteiger partial charge >= 0.3 is 0 Å². The van der Waals surface area contributed by atoms with Gasteiger partial charge in [0.25, 0.3) is 0 Å². The predicted molar refractivity (Wildman–Crippen MR) is 154 cm³/mol. The fourth-order valence-electron chi connectivity index (χ4n) is 4.87. The van der Waals surface area contributed by atoms with Crippen molar-refractivity contribution < 1.29 is 14.0 Å². The van der Waals surface area contributed by atoms with Crippen LogP contribution in [0, 0.1) is 5.82 Å². The lowest BCUT2D eigenvalue weighted by Crippen LogP contribution is -2.53. The second-order valence-electron chi connectivity index (χ2n) is 9.75. The maximum Gasteiger partial charge on any atom is 0.243 e. The number of rotatable bonds is 11.